The summed E-state index contributed by atoms with van der Waals surface area (Å²) in [4.78, 5) is 29.2. The quantitative estimate of drug-likeness (QED) is 0.842. The molecule has 0 spiro atoms. The lowest BCUT2D eigenvalue weighted by Crippen LogP contribution is -2.55. The predicted octanol–water partition coefficient (Wildman–Crippen LogP) is 3.58. The van der Waals surface area contributed by atoms with E-state index in [1.54, 1.807) is 4.90 Å². The van der Waals surface area contributed by atoms with E-state index < -0.39 is 0 Å². The first-order valence-electron chi connectivity index (χ1n) is 9.37. The standard InChI is InChI=1S/C20H28N2O3/c1-15-8-6-9-16(2)22(15)19(23)18-12-7-13-21(18)20(24)25-14-17-10-4-3-5-11-17/h3-5,10-11,15-16,18H,6-9,12-14H2,1-2H3. The van der Waals surface area contributed by atoms with Crippen LogP contribution < -0.4 is 0 Å². The second-order valence-electron chi connectivity index (χ2n) is 7.27. The van der Waals surface area contributed by atoms with Crippen molar-refractivity contribution < 1.29 is 14.3 Å². The fourth-order valence-electron chi connectivity index (χ4n) is 4.07. The topological polar surface area (TPSA) is 49.9 Å². The van der Waals surface area contributed by atoms with Crippen LogP contribution in [-0.4, -0.2) is 46.5 Å². The molecule has 3 rings (SSSR count). The van der Waals surface area contributed by atoms with E-state index in [2.05, 4.69) is 13.8 Å². The van der Waals surface area contributed by atoms with Crippen molar-refractivity contribution in [3.05, 3.63) is 35.9 Å². The number of rotatable bonds is 3. The molecule has 136 valence electrons. The Morgan fingerprint density at radius 3 is 2.40 bits per heavy atom. The lowest BCUT2D eigenvalue weighted by Gasteiger charge is -2.41. The monoisotopic (exact) mass is 344 g/mol. The molecule has 5 nitrogen and oxygen atoms in total. The number of benzene rings is 1. The van der Waals surface area contributed by atoms with E-state index in [1.807, 2.05) is 35.2 Å². The number of carbonyl (C=O) groups excluding carboxylic acids is 2. The number of nitrogens with zero attached hydrogens (tertiary/aromatic N) is 2. The van der Waals surface area contributed by atoms with Gasteiger partial charge < -0.3 is 9.64 Å². The molecule has 2 saturated heterocycles. The van der Waals surface area contributed by atoms with Gasteiger partial charge in [0, 0.05) is 18.6 Å². The van der Waals surface area contributed by atoms with Crippen molar-refractivity contribution in [2.45, 2.75) is 70.7 Å². The molecule has 0 saturated carbocycles. The molecule has 2 aliphatic rings. The van der Waals surface area contributed by atoms with Crippen LogP contribution in [0.4, 0.5) is 4.79 Å². The molecule has 2 heterocycles. The van der Waals surface area contributed by atoms with Crippen LogP contribution in [0.3, 0.4) is 0 Å². The van der Waals surface area contributed by atoms with Crippen LogP contribution in [0.5, 0.6) is 0 Å². The number of amides is 2. The van der Waals surface area contributed by atoms with E-state index in [0.29, 0.717) is 6.54 Å². The molecule has 1 aromatic rings. The van der Waals surface area contributed by atoms with Crippen molar-refractivity contribution in [2.24, 2.45) is 0 Å². The van der Waals surface area contributed by atoms with Crippen LogP contribution in [0, 0.1) is 0 Å². The fraction of sp³-hybridized carbons (Fsp3) is 0.600. The summed E-state index contributed by atoms with van der Waals surface area (Å²) in [6, 6.07) is 9.76. The first kappa shape index (κ1) is 17.8. The highest BCUT2D eigenvalue weighted by Crippen LogP contribution is 2.28. The first-order chi connectivity index (χ1) is 12.1. The highest BCUT2D eigenvalue weighted by Gasteiger charge is 2.40. The Kier molecular flexibility index (Phi) is 5.61. The third-order valence-electron chi connectivity index (χ3n) is 5.43. The van der Waals surface area contributed by atoms with Crippen molar-refractivity contribution in [3.63, 3.8) is 0 Å². The predicted molar refractivity (Wildman–Crippen MR) is 96.0 cm³/mol. The lowest BCUT2D eigenvalue weighted by atomic mass is 9.96. The molecule has 0 aliphatic carbocycles. The van der Waals surface area contributed by atoms with Gasteiger partial charge in [0.15, 0.2) is 0 Å². The molecule has 3 unspecified atom stereocenters. The highest BCUT2D eigenvalue weighted by atomic mass is 16.6. The SMILES string of the molecule is CC1CCCC(C)N1C(=O)C1CCCN1C(=O)OCc1ccccc1. The van der Waals surface area contributed by atoms with Gasteiger partial charge in [-0.25, -0.2) is 4.79 Å². The number of likely N-dealkylation sites (tertiary alicyclic amines) is 2. The molecular weight excluding hydrogens is 316 g/mol. The minimum Gasteiger partial charge on any atom is -0.445 e. The summed E-state index contributed by atoms with van der Waals surface area (Å²) in [6.07, 6.45) is 4.46. The zero-order valence-corrected chi connectivity index (χ0v) is 15.2. The fourth-order valence-corrected chi connectivity index (χ4v) is 4.07. The zero-order valence-electron chi connectivity index (χ0n) is 15.2. The van der Waals surface area contributed by atoms with Gasteiger partial charge in [-0.3, -0.25) is 9.69 Å². The molecule has 0 N–H and O–H groups in total. The molecule has 5 heteroatoms. The molecule has 2 aliphatic heterocycles. The van der Waals surface area contributed by atoms with Gasteiger partial charge in [0.25, 0.3) is 0 Å². The maximum Gasteiger partial charge on any atom is 0.410 e. The third-order valence-corrected chi connectivity index (χ3v) is 5.43. The average molecular weight is 344 g/mol. The molecule has 0 bridgehead atoms. The van der Waals surface area contributed by atoms with E-state index in [1.165, 1.54) is 6.42 Å². The summed E-state index contributed by atoms with van der Waals surface area (Å²) in [7, 11) is 0. The molecule has 3 atom stereocenters. The van der Waals surface area contributed by atoms with Crippen molar-refractivity contribution >= 4 is 12.0 Å². The largest absolute Gasteiger partial charge is 0.445 e. The number of hydrogen-bond donors (Lipinski definition) is 0. The second kappa shape index (κ2) is 7.89. The molecule has 2 amide bonds. The maximum atomic E-state index is 13.1. The van der Waals surface area contributed by atoms with Crippen molar-refractivity contribution in [1.82, 2.24) is 9.80 Å². The zero-order chi connectivity index (χ0) is 17.8. The van der Waals surface area contributed by atoms with Crippen LogP contribution >= 0.6 is 0 Å². The van der Waals surface area contributed by atoms with E-state index in [4.69, 9.17) is 4.74 Å². The Balaban J connectivity index is 1.63. The van der Waals surface area contributed by atoms with Crippen LogP contribution in [0.1, 0.15) is 51.5 Å². The first-order valence-corrected chi connectivity index (χ1v) is 9.37. The van der Waals surface area contributed by atoms with Gasteiger partial charge in [-0.1, -0.05) is 30.3 Å². The summed E-state index contributed by atoms with van der Waals surface area (Å²) < 4.78 is 5.45. The van der Waals surface area contributed by atoms with E-state index >= 15 is 0 Å². The van der Waals surface area contributed by atoms with Crippen LogP contribution in [0.25, 0.3) is 0 Å². The van der Waals surface area contributed by atoms with Crippen molar-refractivity contribution in [1.29, 1.82) is 0 Å². The van der Waals surface area contributed by atoms with Gasteiger partial charge in [-0.15, -0.1) is 0 Å². The summed E-state index contributed by atoms with van der Waals surface area (Å²) in [5, 5.41) is 0. The molecule has 1 aromatic carbocycles. The summed E-state index contributed by atoms with van der Waals surface area (Å²) in [5.41, 5.74) is 0.955. The van der Waals surface area contributed by atoms with Crippen LogP contribution in [-0.2, 0) is 16.1 Å². The Hall–Kier alpha value is -2.04. The Morgan fingerprint density at radius 1 is 1.04 bits per heavy atom. The normalized spacial score (nSPS) is 26.6. The van der Waals surface area contributed by atoms with Crippen molar-refractivity contribution in [3.8, 4) is 0 Å². The van der Waals surface area contributed by atoms with Gasteiger partial charge in [-0.2, -0.15) is 0 Å². The number of carbonyl (C=O) groups is 2. The summed E-state index contributed by atoms with van der Waals surface area (Å²) in [5.74, 6) is 0.0915. The highest BCUT2D eigenvalue weighted by molar-refractivity contribution is 5.86. The van der Waals surface area contributed by atoms with Crippen LogP contribution in [0.2, 0.25) is 0 Å². The van der Waals surface area contributed by atoms with Gasteiger partial charge in [-0.05, 0) is 51.5 Å². The summed E-state index contributed by atoms with van der Waals surface area (Å²) >= 11 is 0. The molecule has 2 fully saturated rings. The minimum atomic E-state index is -0.378. The number of hydrogen-bond acceptors (Lipinski definition) is 3. The Bertz CT molecular complexity index is 594. The Labute approximate surface area is 149 Å². The van der Waals surface area contributed by atoms with E-state index in [9.17, 15) is 9.59 Å². The van der Waals surface area contributed by atoms with Crippen molar-refractivity contribution in [2.75, 3.05) is 6.54 Å². The molecular formula is C20H28N2O3. The minimum absolute atomic E-state index is 0.0915. The average Bonchev–Trinajstić information content (AvgIpc) is 3.10. The lowest BCUT2D eigenvalue weighted by molar-refractivity contribution is -0.141. The van der Waals surface area contributed by atoms with Crippen LogP contribution in [0.15, 0.2) is 30.3 Å². The number of piperidine rings is 1. The van der Waals surface area contributed by atoms with Gasteiger partial charge in [0.1, 0.15) is 12.6 Å². The van der Waals surface area contributed by atoms with Gasteiger partial charge in [0.2, 0.25) is 5.91 Å². The second-order valence-corrected chi connectivity index (χ2v) is 7.27. The third kappa shape index (κ3) is 3.97. The number of ether oxygens (including phenoxy) is 1. The van der Waals surface area contributed by atoms with Gasteiger partial charge in [0.05, 0.1) is 0 Å². The smallest absolute Gasteiger partial charge is 0.410 e. The molecule has 25 heavy (non-hydrogen) atoms. The van der Waals surface area contributed by atoms with Gasteiger partial charge >= 0.3 is 6.09 Å². The molecule has 0 aromatic heterocycles. The Morgan fingerprint density at radius 2 is 1.72 bits per heavy atom. The summed E-state index contributed by atoms with van der Waals surface area (Å²) in [6.45, 7) is 5.06. The maximum absolute atomic E-state index is 13.1. The molecule has 0 radical (unpaired) electrons. The van der Waals surface area contributed by atoms with E-state index in [0.717, 1.165) is 31.2 Å². The van der Waals surface area contributed by atoms with E-state index in [-0.39, 0.29) is 36.7 Å².